The molecular weight excluding hydrogens is 428 g/mol. The Morgan fingerprint density at radius 3 is 2.31 bits per heavy atom. The van der Waals surface area contributed by atoms with Gasteiger partial charge in [-0.3, -0.25) is 9.10 Å². The number of benzene rings is 3. The molecule has 0 aromatic heterocycles. The molecule has 1 N–H and O–H groups in total. The molecule has 0 aliphatic carbocycles. The molecule has 0 atom stereocenters. The van der Waals surface area contributed by atoms with Gasteiger partial charge in [0.1, 0.15) is 0 Å². The van der Waals surface area contributed by atoms with Crippen molar-refractivity contribution in [2.24, 2.45) is 0 Å². The number of hydrogen-bond acceptors (Lipinski definition) is 5. The predicted octanol–water partition coefficient (Wildman–Crippen LogP) is 4.56. The van der Waals surface area contributed by atoms with Gasteiger partial charge in [0, 0.05) is 18.3 Å². The maximum Gasteiger partial charge on any atom is 0.264 e. The minimum Gasteiger partial charge on any atom is -0.493 e. The van der Waals surface area contributed by atoms with Crippen LogP contribution >= 0.6 is 0 Å². The molecule has 0 aliphatic rings. The van der Waals surface area contributed by atoms with E-state index >= 15 is 0 Å². The first-order chi connectivity index (χ1) is 15.2. The lowest BCUT2D eigenvalue weighted by atomic mass is 10.1. The highest BCUT2D eigenvalue weighted by Crippen LogP contribution is 2.29. The molecular formula is C24H26N2O5S. The highest BCUT2D eigenvalue weighted by Gasteiger charge is 2.22. The molecule has 0 radical (unpaired) electrons. The summed E-state index contributed by atoms with van der Waals surface area (Å²) in [4.78, 5) is 12.8. The van der Waals surface area contributed by atoms with Crippen molar-refractivity contribution in [3.05, 3.63) is 78.4 Å². The topological polar surface area (TPSA) is 84.9 Å². The summed E-state index contributed by atoms with van der Waals surface area (Å²) in [6.45, 7) is 3.80. The molecule has 0 heterocycles. The van der Waals surface area contributed by atoms with Crippen LogP contribution in [0.1, 0.15) is 24.2 Å². The Morgan fingerprint density at radius 1 is 0.938 bits per heavy atom. The van der Waals surface area contributed by atoms with E-state index in [1.165, 1.54) is 30.6 Å². The van der Waals surface area contributed by atoms with Gasteiger partial charge in [-0.25, -0.2) is 8.42 Å². The smallest absolute Gasteiger partial charge is 0.264 e. The quantitative estimate of drug-likeness (QED) is 0.539. The van der Waals surface area contributed by atoms with Gasteiger partial charge in [0.15, 0.2) is 11.5 Å². The van der Waals surface area contributed by atoms with Crippen LogP contribution in [0.3, 0.4) is 0 Å². The molecule has 7 nitrogen and oxygen atoms in total. The maximum atomic E-state index is 13.0. The summed E-state index contributed by atoms with van der Waals surface area (Å²) in [5, 5.41) is 2.74. The Kier molecular flexibility index (Phi) is 7.05. The molecule has 168 valence electrons. The van der Waals surface area contributed by atoms with Crippen LogP contribution in [0, 0.1) is 0 Å². The number of carbonyl (C=O) groups excluding carboxylic acids is 1. The molecule has 0 spiro atoms. The second-order valence-corrected chi connectivity index (χ2v) is 9.29. The van der Waals surface area contributed by atoms with E-state index in [-0.39, 0.29) is 11.0 Å². The van der Waals surface area contributed by atoms with E-state index in [1.54, 1.807) is 54.6 Å². The number of amides is 1. The number of para-hydroxylation sites is 1. The van der Waals surface area contributed by atoms with Crippen LogP contribution in [0.4, 0.5) is 11.4 Å². The van der Waals surface area contributed by atoms with Crippen molar-refractivity contribution in [1.29, 1.82) is 0 Å². The summed E-state index contributed by atoms with van der Waals surface area (Å²) >= 11 is 0. The van der Waals surface area contributed by atoms with Crippen molar-refractivity contribution in [3.8, 4) is 11.5 Å². The van der Waals surface area contributed by atoms with Gasteiger partial charge in [-0.2, -0.15) is 0 Å². The molecule has 0 bridgehead atoms. The third-order valence-corrected chi connectivity index (χ3v) is 6.44. The van der Waals surface area contributed by atoms with Gasteiger partial charge in [0.25, 0.3) is 15.9 Å². The van der Waals surface area contributed by atoms with Crippen molar-refractivity contribution < 1.29 is 22.7 Å². The maximum absolute atomic E-state index is 13.0. The zero-order valence-corrected chi connectivity index (χ0v) is 19.2. The Bertz CT molecular complexity index is 1190. The number of ether oxygens (including phenoxy) is 2. The fourth-order valence-corrected chi connectivity index (χ4v) is 4.27. The molecule has 8 heteroatoms. The fourth-order valence-electron chi connectivity index (χ4n) is 3.03. The highest BCUT2D eigenvalue weighted by molar-refractivity contribution is 7.92. The molecule has 32 heavy (non-hydrogen) atoms. The Hall–Kier alpha value is -3.52. The average Bonchev–Trinajstić information content (AvgIpc) is 2.79. The van der Waals surface area contributed by atoms with Crippen LogP contribution in [0.5, 0.6) is 11.5 Å². The van der Waals surface area contributed by atoms with Gasteiger partial charge in [-0.05, 0) is 62.4 Å². The minimum absolute atomic E-state index is 0.0396. The monoisotopic (exact) mass is 454 g/mol. The second kappa shape index (κ2) is 9.74. The van der Waals surface area contributed by atoms with Gasteiger partial charge >= 0.3 is 0 Å². The lowest BCUT2D eigenvalue weighted by Gasteiger charge is -2.20. The fraction of sp³-hybridized carbons (Fsp3) is 0.208. The molecule has 1 amide bonds. The zero-order chi connectivity index (χ0) is 23.3. The normalized spacial score (nSPS) is 11.2. The van der Waals surface area contributed by atoms with Gasteiger partial charge in [-0.1, -0.05) is 24.3 Å². The lowest BCUT2D eigenvalue weighted by molar-refractivity contribution is 0.102. The van der Waals surface area contributed by atoms with Crippen LogP contribution in [-0.4, -0.2) is 34.6 Å². The first-order valence-corrected chi connectivity index (χ1v) is 11.5. The van der Waals surface area contributed by atoms with E-state index < -0.39 is 15.9 Å². The molecule has 0 fully saturated rings. The number of methoxy groups -OCH3 is 1. The first kappa shape index (κ1) is 23.1. The number of hydrogen-bond donors (Lipinski definition) is 1. The summed E-state index contributed by atoms with van der Waals surface area (Å²) in [5.74, 6) is 0.577. The van der Waals surface area contributed by atoms with E-state index in [9.17, 15) is 13.2 Å². The third-order valence-electron chi connectivity index (χ3n) is 4.66. The van der Waals surface area contributed by atoms with Crippen molar-refractivity contribution in [1.82, 2.24) is 0 Å². The van der Waals surface area contributed by atoms with Crippen LogP contribution < -0.4 is 19.1 Å². The molecule has 3 aromatic rings. The molecule has 0 aliphatic heterocycles. The van der Waals surface area contributed by atoms with Crippen LogP contribution in [-0.2, 0) is 10.0 Å². The third kappa shape index (κ3) is 5.20. The zero-order valence-electron chi connectivity index (χ0n) is 18.4. The van der Waals surface area contributed by atoms with E-state index in [0.717, 1.165) is 0 Å². The number of nitrogens with one attached hydrogen (secondary N) is 1. The Morgan fingerprint density at radius 2 is 1.66 bits per heavy atom. The molecule has 0 saturated carbocycles. The molecule has 3 aromatic carbocycles. The van der Waals surface area contributed by atoms with E-state index in [4.69, 9.17) is 9.47 Å². The van der Waals surface area contributed by atoms with Crippen LogP contribution in [0.25, 0.3) is 0 Å². The van der Waals surface area contributed by atoms with Crippen LogP contribution in [0.15, 0.2) is 77.7 Å². The number of carbonyl (C=O) groups is 1. The first-order valence-electron chi connectivity index (χ1n) is 10.0. The van der Waals surface area contributed by atoms with Crippen molar-refractivity contribution in [3.63, 3.8) is 0 Å². The van der Waals surface area contributed by atoms with E-state index in [2.05, 4.69) is 5.32 Å². The lowest BCUT2D eigenvalue weighted by Crippen LogP contribution is -2.26. The SMILES string of the molecule is COc1cc(C(=O)Nc2cccc(S(=O)(=O)N(C)c3ccccc3)c2)ccc1OC(C)C. The number of sulfonamides is 1. The Balaban J connectivity index is 1.82. The Labute approximate surface area is 188 Å². The van der Waals surface area contributed by atoms with Gasteiger partial charge in [0.05, 0.1) is 23.8 Å². The molecule has 0 saturated heterocycles. The van der Waals surface area contributed by atoms with Gasteiger partial charge in [-0.15, -0.1) is 0 Å². The highest BCUT2D eigenvalue weighted by atomic mass is 32.2. The van der Waals surface area contributed by atoms with Gasteiger partial charge in [0.2, 0.25) is 0 Å². The number of nitrogens with zero attached hydrogens (tertiary/aromatic N) is 1. The van der Waals surface area contributed by atoms with E-state index in [0.29, 0.717) is 28.4 Å². The molecule has 3 rings (SSSR count). The standard InChI is InChI=1S/C24H26N2O5S/c1-17(2)31-22-14-13-18(15-23(22)30-4)24(27)25-19-9-8-12-21(16-19)32(28,29)26(3)20-10-6-5-7-11-20/h5-17H,1-4H3,(H,25,27). The summed E-state index contributed by atoms with van der Waals surface area (Å²) in [6.07, 6.45) is -0.0396. The summed E-state index contributed by atoms with van der Waals surface area (Å²) < 4.78 is 38.3. The van der Waals surface area contributed by atoms with Crippen LogP contribution in [0.2, 0.25) is 0 Å². The van der Waals surface area contributed by atoms with Crippen molar-refractivity contribution in [2.75, 3.05) is 23.8 Å². The largest absolute Gasteiger partial charge is 0.493 e. The van der Waals surface area contributed by atoms with Crippen molar-refractivity contribution in [2.45, 2.75) is 24.8 Å². The summed E-state index contributed by atoms with van der Waals surface area (Å²) in [5.41, 5.74) is 1.25. The summed E-state index contributed by atoms with van der Waals surface area (Å²) in [7, 11) is -0.807. The second-order valence-electron chi connectivity index (χ2n) is 7.32. The minimum atomic E-state index is -3.80. The molecule has 0 unspecified atom stereocenters. The van der Waals surface area contributed by atoms with Crippen molar-refractivity contribution >= 4 is 27.3 Å². The predicted molar refractivity (Wildman–Crippen MR) is 125 cm³/mol. The number of rotatable bonds is 8. The number of anilines is 2. The summed E-state index contributed by atoms with van der Waals surface area (Å²) in [6, 6.07) is 19.8. The average molecular weight is 455 g/mol. The van der Waals surface area contributed by atoms with E-state index in [1.807, 2.05) is 19.9 Å². The van der Waals surface area contributed by atoms with Gasteiger partial charge < -0.3 is 14.8 Å².